The van der Waals surface area contributed by atoms with Gasteiger partial charge in [-0.3, -0.25) is 0 Å². The molecular weight excluding hydrogens is 140 g/mol. The van der Waals surface area contributed by atoms with Gasteiger partial charge in [-0.25, -0.2) is 15.0 Å². The highest BCUT2D eigenvalue weighted by molar-refractivity contribution is 5.65. The minimum Gasteiger partial charge on any atom is -0.317 e. The maximum absolute atomic E-state index is 4.08. The molecule has 0 saturated heterocycles. The number of aromatic nitrogens is 2. The summed E-state index contributed by atoms with van der Waals surface area (Å²) in [5.41, 5.74) is 0. The third-order valence-electron chi connectivity index (χ3n) is 1.29. The van der Waals surface area contributed by atoms with Crippen molar-refractivity contribution in [3.05, 3.63) is 6.33 Å². The van der Waals surface area contributed by atoms with E-state index in [4.69, 9.17) is 0 Å². The summed E-state index contributed by atoms with van der Waals surface area (Å²) in [5, 5.41) is 0. The number of aliphatic imine (C=N–C) groups is 2. The molecule has 0 bridgehead atoms. The molecule has 0 amide bonds. The van der Waals surface area contributed by atoms with Crippen molar-refractivity contribution in [1.29, 1.82) is 0 Å². The molecule has 0 N–H and O–H groups in total. The lowest BCUT2D eigenvalue weighted by Crippen LogP contribution is -1.81. The summed E-state index contributed by atoms with van der Waals surface area (Å²) in [7, 11) is 1.87. The molecule has 0 aromatic carbocycles. The van der Waals surface area contributed by atoms with E-state index in [2.05, 4.69) is 21.7 Å². The normalized spacial score (nSPS) is 10.7. The fourth-order valence-electron chi connectivity index (χ4n) is 0.794. The Hall–Kier alpha value is -1.45. The van der Waals surface area contributed by atoms with Gasteiger partial charge in [0.1, 0.15) is 0 Å². The Morgan fingerprint density at radius 3 is 3.00 bits per heavy atom. The van der Waals surface area contributed by atoms with Gasteiger partial charge in [-0.15, -0.1) is 0 Å². The highest BCUT2D eigenvalue weighted by Gasteiger charge is 2.02. The molecule has 11 heavy (non-hydrogen) atoms. The summed E-state index contributed by atoms with van der Waals surface area (Å²) < 4.78 is 1.80. The van der Waals surface area contributed by atoms with Crippen molar-refractivity contribution in [2.75, 3.05) is 0 Å². The molecule has 1 aromatic rings. The zero-order chi connectivity index (χ0) is 8.27. The molecule has 0 aliphatic heterocycles. The number of nitrogens with zero attached hydrogens (tertiary/aromatic N) is 4. The number of hydrogen-bond acceptors (Lipinski definition) is 3. The van der Waals surface area contributed by atoms with Crippen LogP contribution in [-0.2, 0) is 7.05 Å². The van der Waals surface area contributed by atoms with E-state index in [0.717, 1.165) is 5.82 Å². The molecule has 1 aromatic heterocycles. The molecule has 0 aliphatic rings. The Labute approximate surface area is 65.3 Å². The molecule has 1 heterocycles. The first-order chi connectivity index (χ1) is 5.29. The summed E-state index contributed by atoms with van der Waals surface area (Å²) in [6.07, 6.45) is 3.36. The Morgan fingerprint density at radius 1 is 1.73 bits per heavy atom. The van der Waals surface area contributed by atoms with Crippen LogP contribution in [0.4, 0.5) is 11.6 Å². The predicted molar refractivity (Wildman–Crippen MR) is 46.2 cm³/mol. The largest absolute Gasteiger partial charge is 0.317 e. The van der Waals surface area contributed by atoms with Crippen LogP contribution < -0.4 is 0 Å². The van der Waals surface area contributed by atoms with Crippen LogP contribution in [0, 0.1) is 0 Å². The van der Waals surface area contributed by atoms with Crippen molar-refractivity contribution >= 4 is 24.6 Å². The molecule has 0 aliphatic carbocycles. The maximum atomic E-state index is 4.08. The third kappa shape index (κ3) is 1.34. The molecule has 1 rings (SSSR count). The summed E-state index contributed by atoms with van der Waals surface area (Å²) in [6.45, 7) is 5.23. The minimum atomic E-state index is 0.575. The first kappa shape index (κ1) is 7.65. The summed E-state index contributed by atoms with van der Waals surface area (Å²) in [6, 6.07) is 0. The van der Waals surface area contributed by atoms with Gasteiger partial charge in [0.05, 0.1) is 6.33 Å². The van der Waals surface area contributed by atoms with Crippen LogP contribution in [0.1, 0.15) is 6.92 Å². The van der Waals surface area contributed by atoms with Crippen LogP contribution >= 0.6 is 0 Å². The van der Waals surface area contributed by atoms with Crippen LogP contribution in [0.2, 0.25) is 0 Å². The Morgan fingerprint density at radius 2 is 2.45 bits per heavy atom. The Balaban J connectivity index is 3.17. The van der Waals surface area contributed by atoms with E-state index in [0.29, 0.717) is 5.82 Å². The maximum Gasteiger partial charge on any atom is 0.196 e. The van der Waals surface area contributed by atoms with Crippen molar-refractivity contribution in [2.24, 2.45) is 17.0 Å². The van der Waals surface area contributed by atoms with E-state index >= 15 is 0 Å². The van der Waals surface area contributed by atoms with Crippen molar-refractivity contribution in [3.8, 4) is 0 Å². The predicted octanol–water partition coefficient (Wildman–Crippen LogP) is 1.47. The smallest absolute Gasteiger partial charge is 0.196 e. The summed E-state index contributed by atoms with van der Waals surface area (Å²) in [4.78, 5) is 11.8. The average Bonchev–Trinajstić information content (AvgIpc) is 2.34. The van der Waals surface area contributed by atoms with E-state index < -0.39 is 0 Å². The first-order valence-electron chi connectivity index (χ1n) is 3.26. The first-order valence-corrected chi connectivity index (χ1v) is 3.26. The minimum absolute atomic E-state index is 0.575. The van der Waals surface area contributed by atoms with Crippen LogP contribution in [0.15, 0.2) is 16.3 Å². The SMILES string of the molecule is C=Nc1ncn(C)c1N=CC. The zero-order valence-electron chi connectivity index (χ0n) is 6.65. The topological polar surface area (TPSA) is 42.5 Å². The van der Waals surface area contributed by atoms with Crippen LogP contribution in [0.25, 0.3) is 0 Å². The van der Waals surface area contributed by atoms with E-state index in [1.807, 2.05) is 14.0 Å². The molecule has 4 heteroatoms. The van der Waals surface area contributed by atoms with Gasteiger partial charge < -0.3 is 4.57 Å². The fraction of sp³-hybridized carbons (Fsp3) is 0.286. The van der Waals surface area contributed by atoms with Gasteiger partial charge in [0.2, 0.25) is 0 Å². The monoisotopic (exact) mass is 150 g/mol. The Kier molecular flexibility index (Phi) is 2.15. The molecule has 0 fully saturated rings. The van der Waals surface area contributed by atoms with Crippen molar-refractivity contribution < 1.29 is 0 Å². The second kappa shape index (κ2) is 3.09. The summed E-state index contributed by atoms with van der Waals surface area (Å²) >= 11 is 0. The summed E-state index contributed by atoms with van der Waals surface area (Å²) in [5.74, 6) is 1.31. The van der Waals surface area contributed by atoms with Gasteiger partial charge in [0.25, 0.3) is 0 Å². The highest BCUT2D eigenvalue weighted by Crippen LogP contribution is 2.23. The van der Waals surface area contributed by atoms with Gasteiger partial charge in [0.15, 0.2) is 11.6 Å². The lowest BCUT2D eigenvalue weighted by atomic mass is 10.6. The lowest BCUT2D eigenvalue weighted by molar-refractivity contribution is 0.912. The number of aryl methyl sites for hydroxylation is 1. The van der Waals surface area contributed by atoms with E-state index in [1.54, 1.807) is 17.1 Å². The zero-order valence-corrected chi connectivity index (χ0v) is 6.65. The molecule has 0 atom stereocenters. The fourth-order valence-corrected chi connectivity index (χ4v) is 0.794. The second-order valence-corrected chi connectivity index (χ2v) is 2.05. The average molecular weight is 150 g/mol. The van der Waals surface area contributed by atoms with Gasteiger partial charge in [-0.1, -0.05) is 0 Å². The third-order valence-corrected chi connectivity index (χ3v) is 1.29. The van der Waals surface area contributed by atoms with Gasteiger partial charge in [-0.2, -0.15) is 0 Å². The van der Waals surface area contributed by atoms with Crippen LogP contribution in [0.3, 0.4) is 0 Å². The Bertz CT molecular complexity index is 285. The highest BCUT2D eigenvalue weighted by atomic mass is 15.2. The lowest BCUT2D eigenvalue weighted by Gasteiger charge is -1.93. The number of imidazole rings is 1. The molecule has 0 spiro atoms. The van der Waals surface area contributed by atoms with E-state index in [-0.39, 0.29) is 0 Å². The van der Waals surface area contributed by atoms with E-state index in [9.17, 15) is 0 Å². The molecule has 0 radical (unpaired) electrons. The molecule has 0 saturated carbocycles. The van der Waals surface area contributed by atoms with Crippen molar-refractivity contribution in [1.82, 2.24) is 9.55 Å². The quantitative estimate of drug-likeness (QED) is 0.589. The van der Waals surface area contributed by atoms with Crippen LogP contribution in [0.5, 0.6) is 0 Å². The van der Waals surface area contributed by atoms with E-state index in [1.165, 1.54) is 0 Å². The second-order valence-electron chi connectivity index (χ2n) is 2.05. The van der Waals surface area contributed by atoms with Crippen molar-refractivity contribution in [3.63, 3.8) is 0 Å². The number of hydrogen-bond donors (Lipinski definition) is 0. The van der Waals surface area contributed by atoms with Gasteiger partial charge in [-0.05, 0) is 13.6 Å². The molecular formula is C7H10N4. The standard InChI is InChI=1S/C7H10N4/c1-4-9-7-6(8-2)10-5-11(7)3/h4-5H,2H2,1,3H3. The molecule has 0 unspecified atom stereocenters. The van der Waals surface area contributed by atoms with Crippen molar-refractivity contribution in [2.45, 2.75) is 6.92 Å². The van der Waals surface area contributed by atoms with Gasteiger partial charge >= 0.3 is 0 Å². The molecule has 58 valence electrons. The molecule has 4 nitrogen and oxygen atoms in total. The van der Waals surface area contributed by atoms with Gasteiger partial charge in [0, 0.05) is 13.3 Å². The van der Waals surface area contributed by atoms with Crippen LogP contribution in [-0.4, -0.2) is 22.5 Å². The number of rotatable bonds is 2.